The standard InChI is InChI=1S/C13H25N3O3/c1-3-4-7-14-12(18)15-11(17)10-16-8-5-13(2,19)6-9-16/h19H,3-10H2,1-2H3,(H2,14,15,17,18). The molecule has 0 aromatic heterocycles. The summed E-state index contributed by atoms with van der Waals surface area (Å²) in [7, 11) is 0. The van der Waals surface area contributed by atoms with Gasteiger partial charge in [0.2, 0.25) is 5.91 Å². The van der Waals surface area contributed by atoms with Crippen molar-refractivity contribution in [3.63, 3.8) is 0 Å². The van der Waals surface area contributed by atoms with Gasteiger partial charge in [0.25, 0.3) is 0 Å². The topological polar surface area (TPSA) is 81.7 Å². The number of hydrogen-bond donors (Lipinski definition) is 3. The lowest BCUT2D eigenvalue weighted by atomic mass is 9.94. The average Bonchev–Trinajstić information content (AvgIpc) is 2.32. The molecule has 3 amide bonds. The van der Waals surface area contributed by atoms with Gasteiger partial charge in [0.15, 0.2) is 0 Å². The molecule has 0 aliphatic carbocycles. The molecular weight excluding hydrogens is 246 g/mol. The van der Waals surface area contributed by atoms with Gasteiger partial charge in [-0.15, -0.1) is 0 Å². The van der Waals surface area contributed by atoms with Crippen LogP contribution in [0.1, 0.15) is 39.5 Å². The molecule has 1 aliphatic rings. The molecule has 0 bridgehead atoms. The minimum Gasteiger partial charge on any atom is -0.390 e. The molecule has 0 spiro atoms. The van der Waals surface area contributed by atoms with E-state index in [1.54, 1.807) is 0 Å². The van der Waals surface area contributed by atoms with Crippen molar-refractivity contribution in [1.29, 1.82) is 0 Å². The fourth-order valence-electron chi connectivity index (χ4n) is 1.99. The zero-order valence-corrected chi connectivity index (χ0v) is 11.9. The molecular formula is C13H25N3O3. The van der Waals surface area contributed by atoms with Crippen molar-refractivity contribution >= 4 is 11.9 Å². The van der Waals surface area contributed by atoms with E-state index in [0.29, 0.717) is 32.5 Å². The number of carbonyl (C=O) groups is 2. The average molecular weight is 271 g/mol. The molecule has 0 radical (unpaired) electrons. The first-order valence-electron chi connectivity index (χ1n) is 6.95. The Balaban J connectivity index is 2.19. The first-order chi connectivity index (χ1) is 8.93. The lowest BCUT2D eigenvalue weighted by molar-refractivity contribution is -0.122. The third-order valence-corrected chi connectivity index (χ3v) is 3.37. The molecule has 19 heavy (non-hydrogen) atoms. The van der Waals surface area contributed by atoms with E-state index < -0.39 is 11.6 Å². The summed E-state index contributed by atoms with van der Waals surface area (Å²) in [6, 6.07) is -0.428. The van der Waals surface area contributed by atoms with Gasteiger partial charge in [0, 0.05) is 19.6 Å². The maximum absolute atomic E-state index is 11.6. The van der Waals surface area contributed by atoms with Crippen LogP contribution in [0, 0.1) is 0 Å². The van der Waals surface area contributed by atoms with E-state index in [4.69, 9.17) is 0 Å². The maximum Gasteiger partial charge on any atom is 0.321 e. The van der Waals surface area contributed by atoms with Crippen LogP contribution in [-0.4, -0.2) is 53.7 Å². The van der Waals surface area contributed by atoms with Crippen molar-refractivity contribution in [3.05, 3.63) is 0 Å². The summed E-state index contributed by atoms with van der Waals surface area (Å²) in [5.41, 5.74) is -0.621. The molecule has 0 aromatic rings. The molecule has 0 saturated carbocycles. The van der Waals surface area contributed by atoms with Crippen molar-refractivity contribution in [1.82, 2.24) is 15.5 Å². The van der Waals surface area contributed by atoms with Crippen LogP contribution < -0.4 is 10.6 Å². The molecule has 1 fully saturated rings. The second kappa shape index (κ2) is 7.45. The van der Waals surface area contributed by atoms with Gasteiger partial charge in [0.05, 0.1) is 12.1 Å². The summed E-state index contributed by atoms with van der Waals surface area (Å²) in [6.07, 6.45) is 3.22. The van der Waals surface area contributed by atoms with Gasteiger partial charge in [-0.05, 0) is 26.2 Å². The number of imide groups is 1. The fraction of sp³-hybridized carbons (Fsp3) is 0.846. The number of urea groups is 1. The predicted molar refractivity (Wildman–Crippen MR) is 72.7 cm³/mol. The zero-order valence-electron chi connectivity index (χ0n) is 11.9. The number of rotatable bonds is 5. The van der Waals surface area contributed by atoms with Crippen molar-refractivity contribution in [3.8, 4) is 0 Å². The van der Waals surface area contributed by atoms with E-state index in [2.05, 4.69) is 10.6 Å². The minimum atomic E-state index is -0.621. The van der Waals surface area contributed by atoms with Crippen LogP contribution in [0.15, 0.2) is 0 Å². The van der Waals surface area contributed by atoms with E-state index in [0.717, 1.165) is 12.8 Å². The van der Waals surface area contributed by atoms with Crippen molar-refractivity contribution in [2.24, 2.45) is 0 Å². The predicted octanol–water partition coefficient (Wildman–Crippen LogP) is 0.459. The third-order valence-electron chi connectivity index (χ3n) is 3.37. The molecule has 0 aromatic carbocycles. The van der Waals surface area contributed by atoms with Crippen LogP contribution in [-0.2, 0) is 4.79 Å². The Morgan fingerprint density at radius 2 is 1.95 bits per heavy atom. The number of hydrogen-bond acceptors (Lipinski definition) is 4. The monoisotopic (exact) mass is 271 g/mol. The fourth-order valence-corrected chi connectivity index (χ4v) is 1.99. The van der Waals surface area contributed by atoms with Crippen LogP contribution in [0.4, 0.5) is 4.79 Å². The highest BCUT2D eigenvalue weighted by Crippen LogP contribution is 2.20. The minimum absolute atomic E-state index is 0.206. The summed E-state index contributed by atoms with van der Waals surface area (Å²) in [5.74, 6) is -0.296. The van der Waals surface area contributed by atoms with Crippen LogP contribution in [0.3, 0.4) is 0 Å². The SMILES string of the molecule is CCCCNC(=O)NC(=O)CN1CCC(C)(O)CC1. The molecule has 0 atom stereocenters. The first-order valence-corrected chi connectivity index (χ1v) is 6.95. The molecule has 6 nitrogen and oxygen atoms in total. The second-order valence-electron chi connectivity index (χ2n) is 5.43. The van der Waals surface area contributed by atoms with Gasteiger partial charge >= 0.3 is 6.03 Å². The molecule has 1 aliphatic heterocycles. The number of unbranched alkanes of at least 4 members (excludes halogenated alkanes) is 1. The number of amides is 3. The molecule has 1 saturated heterocycles. The van der Waals surface area contributed by atoms with Crippen molar-refractivity contribution < 1.29 is 14.7 Å². The highest BCUT2D eigenvalue weighted by molar-refractivity contribution is 5.95. The van der Waals surface area contributed by atoms with Crippen LogP contribution in [0.5, 0.6) is 0 Å². The normalized spacial score (nSPS) is 18.9. The van der Waals surface area contributed by atoms with E-state index >= 15 is 0 Å². The van der Waals surface area contributed by atoms with Gasteiger partial charge < -0.3 is 10.4 Å². The Hall–Kier alpha value is -1.14. The lowest BCUT2D eigenvalue weighted by Gasteiger charge is -2.35. The summed E-state index contributed by atoms with van der Waals surface area (Å²) in [6.45, 7) is 6.00. The van der Waals surface area contributed by atoms with Crippen molar-refractivity contribution in [2.75, 3.05) is 26.2 Å². The van der Waals surface area contributed by atoms with Gasteiger partial charge in [0.1, 0.15) is 0 Å². The van der Waals surface area contributed by atoms with Gasteiger partial charge in [-0.2, -0.15) is 0 Å². The first kappa shape index (κ1) is 15.9. The quantitative estimate of drug-likeness (QED) is 0.634. The molecule has 6 heteroatoms. The number of aliphatic hydroxyl groups is 1. The Bertz CT molecular complexity index is 308. The molecule has 1 heterocycles. The molecule has 110 valence electrons. The Morgan fingerprint density at radius 1 is 1.32 bits per heavy atom. The van der Waals surface area contributed by atoms with Crippen LogP contribution in [0.25, 0.3) is 0 Å². The van der Waals surface area contributed by atoms with Crippen LogP contribution in [0.2, 0.25) is 0 Å². The number of piperidine rings is 1. The van der Waals surface area contributed by atoms with E-state index in [1.807, 2.05) is 18.7 Å². The highest BCUT2D eigenvalue weighted by atomic mass is 16.3. The Morgan fingerprint density at radius 3 is 2.53 bits per heavy atom. The van der Waals surface area contributed by atoms with Gasteiger partial charge in [-0.1, -0.05) is 13.3 Å². The number of likely N-dealkylation sites (tertiary alicyclic amines) is 1. The Kier molecular flexibility index (Phi) is 6.24. The van der Waals surface area contributed by atoms with Gasteiger partial charge in [-0.25, -0.2) is 4.79 Å². The molecule has 0 unspecified atom stereocenters. The summed E-state index contributed by atoms with van der Waals surface area (Å²) < 4.78 is 0. The lowest BCUT2D eigenvalue weighted by Crippen LogP contribution is -2.48. The smallest absolute Gasteiger partial charge is 0.321 e. The maximum atomic E-state index is 11.6. The van der Waals surface area contributed by atoms with Gasteiger partial charge in [-0.3, -0.25) is 15.0 Å². The summed E-state index contributed by atoms with van der Waals surface area (Å²) in [4.78, 5) is 25.0. The third kappa shape index (κ3) is 6.54. The Labute approximate surface area is 114 Å². The molecule has 3 N–H and O–H groups in total. The number of nitrogens with zero attached hydrogens (tertiary/aromatic N) is 1. The molecule has 1 rings (SSSR count). The number of nitrogens with one attached hydrogen (secondary N) is 2. The van der Waals surface area contributed by atoms with E-state index in [1.165, 1.54) is 0 Å². The highest BCUT2D eigenvalue weighted by Gasteiger charge is 2.28. The zero-order chi connectivity index (χ0) is 14.3. The van der Waals surface area contributed by atoms with E-state index in [-0.39, 0.29) is 12.5 Å². The summed E-state index contributed by atoms with van der Waals surface area (Å²) in [5, 5.41) is 14.8. The van der Waals surface area contributed by atoms with E-state index in [9.17, 15) is 14.7 Å². The summed E-state index contributed by atoms with van der Waals surface area (Å²) >= 11 is 0. The largest absolute Gasteiger partial charge is 0.390 e. The van der Waals surface area contributed by atoms with Crippen LogP contribution >= 0.6 is 0 Å². The van der Waals surface area contributed by atoms with Crippen molar-refractivity contribution in [2.45, 2.75) is 45.1 Å². The second-order valence-corrected chi connectivity index (χ2v) is 5.43. The number of carbonyl (C=O) groups excluding carboxylic acids is 2.